The van der Waals surface area contributed by atoms with E-state index in [1.807, 2.05) is 6.92 Å². The third kappa shape index (κ3) is 3.31. The van der Waals surface area contributed by atoms with Gasteiger partial charge in [-0.1, -0.05) is 55.5 Å². The lowest BCUT2D eigenvalue weighted by molar-refractivity contribution is -0.145. The van der Waals surface area contributed by atoms with E-state index < -0.39 is 17.9 Å². The van der Waals surface area contributed by atoms with Gasteiger partial charge < -0.3 is 10.2 Å². The molecule has 2 rings (SSSR count). The zero-order chi connectivity index (χ0) is 16.3. The molecule has 1 heterocycles. The van der Waals surface area contributed by atoms with Gasteiger partial charge >= 0.3 is 5.97 Å². The molecule has 0 bridgehead atoms. The van der Waals surface area contributed by atoms with Gasteiger partial charge in [-0.25, -0.2) is 4.79 Å². The molecular formula is C15H15NO4S2. The number of carboxylic acids is 1. The molecule has 1 aromatic rings. The number of benzene rings is 1. The van der Waals surface area contributed by atoms with Crippen molar-refractivity contribution in [2.24, 2.45) is 0 Å². The van der Waals surface area contributed by atoms with E-state index in [0.717, 1.165) is 16.7 Å². The fourth-order valence-electron chi connectivity index (χ4n) is 2.14. The minimum Gasteiger partial charge on any atom is -0.507 e. The monoisotopic (exact) mass is 337 g/mol. The average Bonchev–Trinajstić information content (AvgIpc) is 2.73. The van der Waals surface area contributed by atoms with Gasteiger partial charge in [0.2, 0.25) is 0 Å². The van der Waals surface area contributed by atoms with Crippen LogP contribution < -0.4 is 0 Å². The van der Waals surface area contributed by atoms with E-state index in [-0.39, 0.29) is 10.1 Å². The van der Waals surface area contributed by atoms with Crippen molar-refractivity contribution in [1.29, 1.82) is 0 Å². The fourth-order valence-corrected chi connectivity index (χ4v) is 3.48. The maximum absolute atomic E-state index is 12.5. The second-order valence-corrected chi connectivity index (χ2v) is 6.43. The summed E-state index contributed by atoms with van der Waals surface area (Å²) < 4.78 is 0.229. The first-order chi connectivity index (χ1) is 10.5. The first kappa shape index (κ1) is 16.5. The van der Waals surface area contributed by atoms with Gasteiger partial charge in [-0.3, -0.25) is 9.69 Å². The van der Waals surface area contributed by atoms with Crippen LogP contribution in [0.15, 0.2) is 29.2 Å². The van der Waals surface area contributed by atoms with Crippen LogP contribution in [0, 0.1) is 0 Å². The number of aromatic hydroxyl groups is 1. The van der Waals surface area contributed by atoms with Crippen molar-refractivity contribution in [3.63, 3.8) is 0 Å². The molecule has 1 amide bonds. The van der Waals surface area contributed by atoms with Crippen molar-refractivity contribution >= 4 is 46.3 Å². The Morgan fingerprint density at radius 2 is 2.14 bits per heavy atom. The van der Waals surface area contributed by atoms with Crippen LogP contribution in [-0.2, 0) is 9.59 Å². The summed E-state index contributed by atoms with van der Waals surface area (Å²) in [5.41, 5.74) is 0.491. The number of carbonyl (C=O) groups excluding carboxylic acids is 1. The highest BCUT2D eigenvalue weighted by molar-refractivity contribution is 8.26. The summed E-state index contributed by atoms with van der Waals surface area (Å²) in [5, 5.41) is 19.1. The number of thioether (sulfide) groups is 1. The summed E-state index contributed by atoms with van der Waals surface area (Å²) in [6, 6.07) is 5.66. The molecule has 1 unspecified atom stereocenters. The summed E-state index contributed by atoms with van der Waals surface area (Å²) >= 11 is 6.21. The van der Waals surface area contributed by atoms with E-state index >= 15 is 0 Å². The Labute approximate surface area is 137 Å². The normalized spacial score (nSPS) is 18.0. The number of hydrogen-bond donors (Lipinski definition) is 2. The molecule has 1 aliphatic rings. The topological polar surface area (TPSA) is 77.8 Å². The number of amides is 1. The summed E-state index contributed by atoms with van der Waals surface area (Å²) in [6.45, 7) is 1.85. The van der Waals surface area contributed by atoms with Crippen LogP contribution in [0.5, 0.6) is 5.75 Å². The molecule has 1 atom stereocenters. The molecule has 1 fully saturated rings. The predicted molar refractivity (Wildman–Crippen MR) is 89.5 cm³/mol. The van der Waals surface area contributed by atoms with E-state index in [0.29, 0.717) is 23.3 Å². The number of thiocarbonyl (C=S) groups is 1. The van der Waals surface area contributed by atoms with Gasteiger partial charge in [0, 0.05) is 5.56 Å². The number of phenolic OH excluding ortho intramolecular Hbond substituents is 1. The molecule has 1 saturated heterocycles. The minimum absolute atomic E-state index is 0.0520. The van der Waals surface area contributed by atoms with Crippen molar-refractivity contribution < 1.29 is 19.8 Å². The fraction of sp³-hybridized carbons (Fsp3) is 0.267. The van der Waals surface area contributed by atoms with E-state index in [9.17, 15) is 19.8 Å². The Morgan fingerprint density at radius 3 is 2.73 bits per heavy atom. The third-order valence-electron chi connectivity index (χ3n) is 3.21. The number of carboxylic acid groups (broad SMARTS) is 1. The van der Waals surface area contributed by atoms with Gasteiger partial charge in [0.15, 0.2) is 0 Å². The molecule has 22 heavy (non-hydrogen) atoms. The van der Waals surface area contributed by atoms with Crippen LogP contribution in [0.25, 0.3) is 6.08 Å². The van der Waals surface area contributed by atoms with E-state index in [4.69, 9.17) is 12.2 Å². The zero-order valence-corrected chi connectivity index (χ0v) is 13.5. The van der Waals surface area contributed by atoms with Crippen LogP contribution in [0.1, 0.15) is 25.3 Å². The molecular weight excluding hydrogens is 322 g/mol. The standard InChI is InChI=1S/C15H15NO4S2/c1-2-5-10(14(19)20)16-13(18)12(22-15(16)21)8-9-6-3-4-7-11(9)17/h3-4,6-8,10,17H,2,5H2,1H3,(H,19,20)/b12-8-. The molecule has 2 N–H and O–H groups in total. The summed E-state index contributed by atoms with van der Waals surface area (Å²) in [5.74, 6) is -1.45. The molecule has 1 aromatic carbocycles. The van der Waals surface area contributed by atoms with E-state index in [2.05, 4.69) is 0 Å². The number of nitrogens with zero attached hydrogens (tertiary/aromatic N) is 1. The highest BCUT2D eigenvalue weighted by Crippen LogP contribution is 2.35. The quantitative estimate of drug-likeness (QED) is 0.635. The maximum atomic E-state index is 12.5. The number of carbonyl (C=O) groups is 2. The SMILES string of the molecule is CCCC(C(=O)O)N1C(=O)/C(=C/c2ccccc2O)SC1=S. The predicted octanol–water partition coefficient (Wildman–Crippen LogP) is 2.85. The van der Waals surface area contributed by atoms with Crippen molar-refractivity contribution in [2.45, 2.75) is 25.8 Å². The van der Waals surface area contributed by atoms with Crippen LogP contribution in [0.2, 0.25) is 0 Å². The molecule has 7 heteroatoms. The number of rotatable bonds is 5. The van der Waals surface area contributed by atoms with E-state index in [1.54, 1.807) is 18.2 Å². The van der Waals surface area contributed by atoms with Gasteiger partial charge in [0.05, 0.1) is 4.91 Å². The van der Waals surface area contributed by atoms with Gasteiger partial charge in [0.25, 0.3) is 5.91 Å². The summed E-state index contributed by atoms with van der Waals surface area (Å²) in [7, 11) is 0. The Hall–Kier alpha value is -1.86. The van der Waals surface area contributed by atoms with Gasteiger partial charge in [-0.15, -0.1) is 0 Å². The largest absolute Gasteiger partial charge is 0.507 e. The Morgan fingerprint density at radius 1 is 1.45 bits per heavy atom. The van der Waals surface area contributed by atoms with Crippen LogP contribution in [0.4, 0.5) is 0 Å². The number of hydrogen-bond acceptors (Lipinski definition) is 5. The molecule has 116 valence electrons. The third-order valence-corrected chi connectivity index (χ3v) is 4.54. The minimum atomic E-state index is -1.07. The molecule has 5 nitrogen and oxygen atoms in total. The van der Waals surface area contributed by atoms with Crippen molar-refractivity contribution in [1.82, 2.24) is 4.90 Å². The summed E-state index contributed by atoms with van der Waals surface area (Å²) in [6.07, 6.45) is 2.50. The number of phenols is 1. The molecule has 0 radical (unpaired) electrons. The zero-order valence-electron chi connectivity index (χ0n) is 11.9. The lowest BCUT2D eigenvalue weighted by Gasteiger charge is -2.22. The Kier molecular flexibility index (Phi) is 5.20. The van der Waals surface area contributed by atoms with E-state index in [1.165, 1.54) is 12.1 Å². The lowest BCUT2D eigenvalue weighted by Crippen LogP contribution is -2.43. The second-order valence-electron chi connectivity index (χ2n) is 4.75. The van der Waals surface area contributed by atoms with Crippen molar-refractivity contribution in [2.75, 3.05) is 0 Å². The van der Waals surface area contributed by atoms with Crippen LogP contribution >= 0.6 is 24.0 Å². The first-order valence-corrected chi connectivity index (χ1v) is 7.96. The summed E-state index contributed by atoms with van der Waals surface area (Å²) in [4.78, 5) is 25.3. The number of aliphatic carboxylic acids is 1. The van der Waals surface area contributed by atoms with Gasteiger partial charge in [-0.2, -0.15) is 0 Å². The lowest BCUT2D eigenvalue weighted by atomic mass is 10.1. The average molecular weight is 337 g/mol. The molecule has 0 spiro atoms. The molecule has 0 saturated carbocycles. The van der Waals surface area contributed by atoms with Crippen LogP contribution in [0.3, 0.4) is 0 Å². The highest BCUT2D eigenvalue weighted by Gasteiger charge is 2.39. The molecule has 0 aliphatic carbocycles. The van der Waals surface area contributed by atoms with Crippen LogP contribution in [-0.4, -0.2) is 37.4 Å². The Balaban J connectivity index is 2.32. The van der Waals surface area contributed by atoms with Crippen molar-refractivity contribution in [3.8, 4) is 5.75 Å². The maximum Gasteiger partial charge on any atom is 0.326 e. The highest BCUT2D eigenvalue weighted by atomic mass is 32.2. The van der Waals surface area contributed by atoms with Gasteiger partial charge in [-0.05, 0) is 18.6 Å². The number of para-hydroxylation sites is 1. The Bertz CT molecular complexity index is 657. The molecule has 0 aromatic heterocycles. The first-order valence-electron chi connectivity index (χ1n) is 6.73. The molecule has 1 aliphatic heterocycles. The second kappa shape index (κ2) is 6.93. The smallest absolute Gasteiger partial charge is 0.326 e. The van der Waals surface area contributed by atoms with Crippen molar-refractivity contribution in [3.05, 3.63) is 34.7 Å². The van der Waals surface area contributed by atoms with Gasteiger partial charge in [0.1, 0.15) is 16.1 Å².